The van der Waals surface area contributed by atoms with Gasteiger partial charge in [-0.2, -0.15) is 4.99 Å². The van der Waals surface area contributed by atoms with Gasteiger partial charge < -0.3 is 19.7 Å². The van der Waals surface area contributed by atoms with Gasteiger partial charge in [-0.3, -0.25) is 9.78 Å². The predicted molar refractivity (Wildman–Crippen MR) is 166 cm³/mol. The molecule has 0 radical (unpaired) electrons. The van der Waals surface area contributed by atoms with E-state index in [4.69, 9.17) is 21.3 Å². The lowest BCUT2D eigenvalue weighted by Gasteiger charge is -2.26. The van der Waals surface area contributed by atoms with Gasteiger partial charge in [-0.05, 0) is 60.9 Å². The number of ether oxygens (including phenoxy) is 2. The molecule has 0 saturated carbocycles. The Morgan fingerprint density at radius 2 is 1.89 bits per heavy atom. The smallest absolute Gasteiger partial charge is 0.472 e. The van der Waals surface area contributed by atoms with Gasteiger partial charge in [0.1, 0.15) is 17.7 Å². The second-order valence-electron chi connectivity index (χ2n) is 10.6. The quantitative estimate of drug-likeness (QED) is 0.145. The zero-order valence-electron chi connectivity index (χ0n) is 24.9. The molecule has 2 unspecified atom stereocenters. The van der Waals surface area contributed by atoms with Gasteiger partial charge in [0.25, 0.3) is 5.91 Å². The summed E-state index contributed by atoms with van der Waals surface area (Å²) in [4.78, 5) is 24.2. The predicted octanol–water partition coefficient (Wildman–Crippen LogP) is 7.34. The highest BCUT2D eigenvalue weighted by Crippen LogP contribution is 2.27. The van der Waals surface area contributed by atoms with Crippen molar-refractivity contribution >= 4 is 34.3 Å². The van der Waals surface area contributed by atoms with Crippen LogP contribution < -0.4 is 5.32 Å². The van der Waals surface area contributed by atoms with Crippen molar-refractivity contribution in [2.24, 2.45) is 10.9 Å². The van der Waals surface area contributed by atoms with E-state index in [9.17, 15) is 18.0 Å². The molecule has 1 amide bonds. The Balaban J connectivity index is 1.60. The van der Waals surface area contributed by atoms with Gasteiger partial charge in [-0.1, -0.05) is 54.9 Å². The van der Waals surface area contributed by atoms with Crippen molar-refractivity contribution in [1.82, 2.24) is 15.2 Å². The fraction of sp³-hybridized carbons (Fsp3) is 0.303. The number of hydrogen-bond donors (Lipinski definition) is 1. The highest BCUT2D eigenvalue weighted by atomic mass is 35.5. The monoisotopic (exact) mass is 626 g/mol. The lowest BCUT2D eigenvalue weighted by Crippen LogP contribution is -2.29. The molecule has 0 fully saturated rings. The third kappa shape index (κ3) is 9.09. The van der Waals surface area contributed by atoms with Crippen molar-refractivity contribution in [3.63, 3.8) is 0 Å². The van der Waals surface area contributed by atoms with Gasteiger partial charge in [-0.25, -0.2) is 0 Å². The molecule has 44 heavy (non-hydrogen) atoms. The summed E-state index contributed by atoms with van der Waals surface area (Å²) in [5.74, 6) is -0.292. The number of pyridine rings is 1. The van der Waals surface area contributed by atoms with Crippen LogP contribution in [0.4, 0.5) is 13.2 Å². The zero-order chi connectivity index (χ0) is 31.9. The first-order chi connectivity index (χ1) is 20.9. The molecule has 1 aromatic heterocycles. The lowest BCUT2D eigenvalue weighted by molar-refractivity contribution is -0.307. The van der Waals surface area contributed by atoms with E-state index in [0.29, 0.717) is 22.8 Å². The number of nitrogens with zero attached hydrogens (tertiary/aromatic N) is 3. The summed E-state index contributed by atoms with van der Waals surface area (Å²) in [6.45, 7) is 3.85. The number of halogens is 4. The lowest BCUT2D eigenvalue weighted by atomic mass is 10.0. The number of hydrogen-bond acceptors (Lipinski definition) is 6. The van der Waals surface area contributed by atoms with Crippen molar-refractivity contribution in [3.8, 4) is 0 Å². The van der Waals surface area contributed by atoms with Gasteiger partial charge in [0, 0.05) is 49.6 Å². The number of carbonyl (C=O) groups excluding carboxylic acids is 1. The van der Waals surface area contributed by atoms with E-state index in [2.05, 4.69) is 15.0 Å². The number of carbonyl (C=O) groups is 1. The normalized spacial score (nSPS) is 16.6. The average Bonchev–Trinajstić information content (AvgIpc) is 2.97. The maximum Gasteiger partial charge on any atom is 0.572 e. The molecular formula is C33H34ClF3N4O3. The molecule has 1 heterocycles. The Bertz CT molecular complexity index is 1590. The van der Waals surface area contributed by atoms with Gasteiger partial charge in [-0.15, -0.1) is 13.2 Å². The molecule has 1 aliphatic rings. The van der Waals surface area contributed by atoms with E-state index in [1.54, 1.807) is 50.3 Å². The van der Waals surface area contributed by atoms with Crippen molar-refractivity contribution in [2.45, 2.75) is 45.7 Å². The number of aliphatic imine (C=N–C) groups is 1. The third-order valence-electron chi connectivity index (χ3n) is 6.90. The molecular weight excluding hydrogens is 593 g/mol. The number of benzene rings is 2. The first-order valence-corrected chi connectivity index (χ1v) is 14.4. The van der Waals surface area contributed by atoms with Gasteiger partial charge in [0.05, 0.1) is 11.1 Å². The van der Waals surface area contributed by atoms with E-state index in [1.165, 1.54) is 12.2 Å². The third-order valence-corrected chi connectivity index (χ3v) is 7.15. The highest BCUT2D eigenvalue weighted by molar-refractivity contribution is 6.30. The summed E-state index contributed by atoms with van der Waals surface area (Å²) < 4.78 is 49.0. The molecule has 2 atom stereocenters. The number of aromatic nitrogens is 1. The second-order valence-corrected chi connectivity index (χ2v) is 11.1. The zero-order valence-corrected chi connectivity index (χ0v) is 25.6. The number of alkyl halides is 3. The number of allylic oxidation sites excluding steroid dienone is 2. The molecule has 7 nitrogen and oxygen atoms in total. The van der Waals surface area contributed by atoms with Gasteiger partial charge in [0.2, 0.25) is 0 Å². The van der Waals surface area contributed by atoms with E-state index in [0.717, 1.165) is 22.0 Å². The summed E-state index contributed by atoms with van der Waals surface area (Å²) in [5.41, 5.74) is 3.05. The molecule has 2 aromatic carbocycles. The Labute approximate surface area is 259 Å². The van der Waals surface area contributed by atoms with E-state index >= 15 is 0 Å². The van der Waals surface area contributed by atoms with Crippen molar-refractivity contribution in [3.05, 3.63) is 112 Å². The summed E-state index contributed by atoms with van der Waals surface area (Å²) >= 11 is 6.05. The summed E-state index contributed by atoms with van der Waals surface area (Å²) in [7, 11) is 3.51. The molecule has 4 rings (SSSR count). The molecule has 3 aromatic rings. The molecule has 0 spiro atoms. The van der Waals surface area contributed by atoms with Crippen LogP contribution in [0.2, 0.25) is 5.02 Å². The van der Waals surface area contributed by atoms with E-state index < -0.39 is 12.5 Å². The van der Waals surface area contributed by atoms with Gasteiger partial charge in [0.15, 0.2) is 5.90 Å². The fourth-order valence-electron chi connectivity index (χ4n) is 4.74. The van der Waals surface area contributed by atoms with Crippen LogP contribution in [0.3, 0.4) is 0 Å². The minimum atomic E-state index is -4.81. The topological polar surface area (TPSA) is 76.0 Å². The molecule has 1 N–H and O–H groups in total. The highest BCUT2D eigenvalue weighted by Gasteiger charge is 2.33. The Hall–Kier alpha value is -4.31. The number of rotatable bonds is 10. The summed E-state index contributed by atoms with van der Waals surface area (Å²) in [5, 5.41) is 4.51. The van der Waals surface area contributed by atoms with Crippen LogP contribution in [0, 0.1) is 5.92 Å². The molecule has 0 saturated heterocycles. The van der Waals surface area contributed by atoms with Crippen LogP contribution in [0.15, 0.2) is 101 Å². The Morgan fingerprint density at radius 3 is 2.59 bits per heavy atom. The number of fused-ring (bicyclic) bond motifs is 1. The Kier molecular flexibility index (Phi) is 10.7. The maximum atomic E-state index is 13.4. The summed E-state index contributed by atoms with van der Waals surface area (Å²) in [6.07, 6.45) is 0.862. The minimum absolute atomic E-state index is 0.136. The maximum absolute atomic E-state index is 13.4. The number of para-hydroxylation sites is 1. The van der Waals surface area contributed by atoms with Crippen LogP contribution in [0.25, 0.3) is 10.9 Å². The standard InChI is InChI=1S/C33H34ClF3N4O3/c1-21(18-23-12-14-25(34)15-13-23)32(43-26-8-7-9-27(19-26)44-33(35,36)37)40-30(41(3)4)22(2)31(42)39-20-24-16-17-38-29-11-6-5-10-28(24)29/h5-17,21,26H,18-20H2,1-4H3,(H,39,42). The second kappa shape index (κ2) is 14.4. The fourth-order valence-corrected chi connectivity index (χ4v) is 4.86. The van der Waals surface area contributed by atoms with Crippen LogP contribution in [-0.2, 0) is 27.2 Å². The first-order valence-electron chi connectivity index (χ1n) is 14.0. The number of nitrogens with one attached hydrogen (secondary N) is 1. The molecule has 0 aliphatic heterocycles. The largest absolute Gasteiger partial charge is 0.572 e. The SMILES string of the molecule is CC(C(=O)NCc1ccnc2ccccc12)=C(N=C(OC1C=CC=C(OC(F)(F)F)C1)C(C)Cc1ccc(Cl)cc1)N(C)C. The minimum Gasteiger partial charge on any atom is -0.472 e. The van der Waals surface area contributed by atoms with Crippen LogP contribution in [0.5, 0.6) is 0 Å². The number of amides is 1. The Morgan fingerprint density at radius 1 is 1.16 bits per heavy atom. The van der Waals surface area contributed by atoms with Gasteiger partial charge >= 0.3 is 6.36 Å². The van der Waals surface area contributed by atoms with Crippen LogP contribution in [0.1, 0.15) is 31.4 Å². The average molecular weight is 627 g/mol. The van der Waals surface area contributed by atoms with E-state index in [1.807, 2.05) is 49.4 Å². The van der Waals surface area contributed by atoms with Crippen LogP contribution in [-0.4, -0.2) is 48.3 Å². The summed E-state index contributed by atoms with van der Waals surface area (Å²) in [6, 6.07) is 16.9. The van der Waals surface area contributed by atoms with Crippen molar-refractivity contribution < 1.29 is 27.4 Å². The molecule has 11 heteroatoms. The van der Waals surface area contributed by atoms with Crippen molar-refractivity contribution in [2.75, 3.05) is 14.1 Å². The van der Waals surface area contributed by atoms with Crippen LogP contribution >= 0.6 is 11.6 Å². The molecule has 232 valence electrons. The van der Waals surface area contributed by atoms with E-state index in [-0.39, 0.29) is 36.4 Å². The van der Waals surface area contributed by atoms with Crippen molar-refractivity contribution in [1.29, 1.82) is 0 Å². The molecule has 1 aliphatic carbocycles. The first kappa shape index (κ1) is 32.6. The molecule has 0 bridgehead atoms.